The first-order chi connectivity index (χ1) is 14.2. The van der Waals surface area contributed by atoms with Crippen LogP contribution in [0.1, 0.15) is 52.0 Å². The Hall–Kier alpha value is -2.28. The SMILES string of the molecule is COc1ccc([C@@]23CCC(=NOCC(=O)OC(C)(C)C)C[C@@H]2N(C)CC3)cc1OC. The molecule has 1 heterocycles. The first-order valence-corrected chi connectivity index (χ1v) is 10.5. The van der Waals surface area contributed by atoms with E-state index in [0.29, 0.717) is 6.04 Å². The van der Waals surface area contributed by atoms with E-state index in [2.05, 4.69) is 29.2 Å². The predicted octanol–water partition coefficient (Wildman–Crippen LogP) is 3.54. The molecule has 0 amide bonds. The van der Waals surface area contributed by atoms with Gasteiger partial charge in [-0.2, -0.15) is 0 Å². The Morgan fingerprint density at radius 3 is 2.60 bits per heavy atom. The third kappa shape index (κ3) is 4.72. The number of nitrogens with zero attached hydrogens (tertiary/aromatic N) is 2. The number of hydrogen-bond acceptors (Lipinski definition) is 7. The monoisotopic (exact) mass is 418 g/mol. The largest absolute Gasteiger partial charge is 0.493 e. The third-order valence-electron chi connectivity index (χ3n) is 6.12. The summed E-state index contributed by atoms with van der Waals surface area (Å²) in [4.78, 5) is 19.6. The number of esters is 1. The molecule has 7 nitrogen and oxygen atoms in total. The Balaban J connectivity index is 1.72. The molecule has 3 rings (SSSR count). The molecule has 1 aromatic carbocycles. The van der Waals surface area contributed by atoms with Crippen molar-refractivity contribution in [3.8, 4) is 11.5 Å². The number of carbonyl (C=O) groups excluding carboxylic acids is 1. The first-order valence-electron chi connectivity index (χ1n) is 10.5. The Morgan fingerprint density at radius 2 is 1.93 bits per heavy atom. The fourth-order valence-electron chi connectivity index (χ4n) is 4.71. The highest BCUT2D eigenvalue weighted by Gasteiger charge is 2.50. The Morgan fingerprint density at radius 1 is 1.20 bits per heavy atom. The number of ether oxygens (including phenoxy) is 3. The van der Waals surface area contributed by atoms with Gasteiger partial charge in [0, 0.05) is 17.9 Å². The van der Waals surface area contributed by atoms with Crippen LogP contribution in [0.2, 0.25) is 0 Å². The van der Waals surface area contributed by atoms with Crippen LogP contribution in [-0.2, 0) is 19.8 Å². The van der Waals surface area contributed by atoms with Gasteiger partial charge in [-0.05, 0) is 71.3 Å². The average Bonchev–Trinajstić information content (AvgIpc) is 3.03. The van der Waals surface area contributed by atoms with Gasteiger partial charge >= 0.3 is 5.97 Å². The van der Waals surface area contributed by atoms with Crippen molar-refractivity contribution in [1.82, 2.24) is 4.90 Å². The number of rotatable bonds is 6. The van der Waals surface area contributed by atoms with Gasteiger partial charge in [-0.25, -0.2) is 4.79 Å². The molecule has 1 saturated carbocycles. The Kier molecular flexibility index (Phi) is 6.60. The van der Waals surface area contributed by atoms with E-state index in [0.717, 1.165) is 49.4 Å². The molecular weight excluding hydrogens is 384 g/mol. The van der Waals surface area contributed by atoms with Crippen molar-refractivity contribution >= 4 is 11.7 Å². The van der Waals surface area contributed by atoms with Crippen molar-refractivity contribution in [1.29, 1.82) is 0 Å². The molecule has 166 valence electrons. The number of hydrogen-bond donors (Lipinski definition) is 0. The number of carbonyl (C=O) groups is 1. The summed E-state index contributed by atoms with van der Waals surface area (Å²) in [5.41, 5.74) is 1.80. The standard InChI is InChI=1S/C23H34N2O5/c1-22(2,3)30-21(26)15-29-24-17-9-10-23(11-12-25(4)20(23)14-17)16-7-8-18(27-5)19(13-16)28-6/h7-8,13,20H,9-12,14-15H2,1-6H3/t20-,23-/m0/s1. The van der Waals surface area contributed by atoms with Gasteiger partial charge in [0.15, 0.2) is 11.5 Å². The number of benzene rings is 1. The molecule has 0 aromatic heterocycles. The summed E-state index contributed by atoms with van der Waals surface area (Å²) in [6, 6.07) is 6.60. The normalized spacial score (nSPS) is 25.7. The zero-order valence-electron chi connectivity index (χ0n) is 19.0. The van der Waals surface area contributed by atoms with Crippen LogP contribution in [0.4, 0.5) is 0 Å². The second-order valence-corrected chi connectivity index (χ2v) is 9.19. The van der Waals surface area contributed by atoms with Crippen molar-refractivity contribution in [2.45, 2.75) is 63.5 Å². The highest BCUT2D eigenvalue weighted by Crippen LogP contribution is 2.49. The van der Waals surface area contributed by atoms with E-state index in [9.17, 15) is 4.79 Å². The molecule has 0 bridgehead atoms. The molecule has 2 atom stereocenters. The molecule has 1 aliphatic carbocycles. The molecule has 30 heavy (non-hydrogen) atoms. The van der Waals surface area contributed by atoms with Crippen LogP contribution in [0.15, 0.2) is 23.4 Å². The fraction of sp³-hybridized carbons (Fsp3) is 0.652. The van der Waals surface area contributed by atoms with Gasteiger partial charge in [-0.1, -0.05) is 11.2 Å². The lowest BCUT2D eigenvalue weighted by Gasteiger charge is -2.42. The van der Waals surface area contributed by atoms with Gasteiger partial charge in [0.1, 0.15) is 5.60 Å². The van der Waals surface area contributed by atoms with Crippen LogP contribution < -0.4 is 9.47 Å². The zero-order valence-corrected chi connectivity index (χ0v) is 19.0. The van der Waals surface area contributed by atoms with E-state index in [1.807, 2.05) is 26.8 Å². The summed E-state index contributed by atoms with van der Waals surface area (Å²) in [6.45, 7) is 6.37. The summed E-state index contributed by atoms with van der Waals surface area (Å²) in [5.74, 6) is 1.10. The Bertz CT molecular complexity index is 801. The van der Waals surface area contributed by atoms with Crippen molar-refractivity contribution in [3.05, 3.63) is 23.8 Å². The van der Waals surface area contributed by atoms with Crippen LogP contribution in [0.25, 0.3) is 0 Å². The van der Waals surface area contributed by atoms with Crippen LogP contribution in [0, 0.1) is 0 Å². The van der Waals surface area contributed by atoms with E-state index >= 15 is 0 Å². The average molecular weight is 419 g/mol. The molecular formula is C23H34N2O5. The van der Waals surface area contributed by atoms with Gasteiger partial charge < -0.3 is 23.9 Å². The molecule has 0 unspecified atom stereocenters. The number of likely N-dealkylation sites (N-methyl/N-ethyl adjacent to an activating group) is 1. The highest BCUT2D eigenvalue weighted by molar-refractivity contribution is 5.86. The first kappa shape index (κ1) is 22.4. The quantitative estimate of drug-likeness (QED) is 0.520. The maximum Gasteiger partial charge on any atom is 0.347 e. The maximum absolute atomic E-state index is 11.8. The van der Waals surface area contributed by atoms with E-state index in [1.165, 1.54) is 5.56 Å². The second-order valence-electron chi connectivity index (χ2n) is 9.19. The molecule has 7 heteroatoms. The minimum absolute atomic E-state index is 0.0541. The molecule has 2 fully saturated rings. The van der Waals surface area contributed by atoms with E-state index in [4.69, 9.17) is 19.0 Å². The van der Waals surface area contributed by atoms with Crippen molar-refractivity contribution < 1.29 is 23.8 Å². The van der Waals surface area contributed by atoms with Crippen LogP contribution in [0.3, 0.4) is 0 Å². The number of methoxy groups -OCH3 is 2. The zero-order chi connectivity index (χ0) is 21.9. The molecule has 0 radical (unpaired) electrons. The van der Waals surface area contributed by atoms with Crippen LogP contribution in [0.5, 0.6) is 11.5 Å². The van der Waals surface area contributed by atoms with Crippen molar-refractivity contribution in [2.75, 3.05) is 34.4 Å². The van der Waals surface area contributed by atoms with Crippen molar-refractivity contribution in [2.24, 2.45) is 5.16 Å². The Labute approximate surface area is 179 Å². The van der Waals surface area contributed by atoms with E-state index < -0.39 is 11.6 Å². The summed E-state index contributed by atoms with van der Waals surface area (Å²) < 4.78 is 16.2. The lowest BCUT2D eigenvalue weighted by molar-refractivity contribution is -0.160. The number of oxime groups is 1. The molecule has 2 aliphatic rings. The van der Waals surface area contributed by atoms with E-state index in [-0.39, 0.29) is 12.0 Å². The molecule has 0 spiro atoms. The highest BCUT2D eigenvalue weighted by atomic mass is 16.7. The van der Waals surface area contributed by atoms with Gasteiger partial charge in [0.2, 0.25) is 6.61 Å². The van der Waals surface area contributed by atoms with Gasteiger partial charge in [0.25, 0.3) is 0 Å². The van der Waals surface area contributed by atoms with E-state index in [1.54, 1.807) is 14.2 Å². The minimum atomic E-state index is -0.524. The summed E-state index contributed by atoms with van der Waals surface area (Å²) in [7, 11) is 5.49. The summed E-state index contributed by atoms with van der Waals surface area (Å²) in [6.07, 6.45) is 3.73. The predicted molar refractivity (Wildman–Crippen MR) is 115 cm³/mol. The van der Waals surface area contributed by atoms with Gasteiger partial charge in [-0.15, -0.1) is 0 Å². The molecule has 1 aliphatic heterocycles. The lowest BCUT2D eigenvalue weighted by atomic mass is 9.65. The smallest absolute Gasteiger partial charge is 0.347 e. The summed E-state index contributed by atoms with van der Waals surface area (Å²) >= 11 is 0. The van der Waals surface area contributed by atoms with Gasteiger partial charge in [-0.3, -0.25) is 0 Å². The number of fused-ring (bicyclic) bond motifs is 1. The van der Waals surface area contributed by atoms with Crippen LogP contribution in [-0.4, -0.2) is 62.6 Å². The third-order valence-corrected chi connectivity index (χ3v) is 6.12. The second kappa shape index (κ2) is 8.84. The number of likely N-dealkylation sites (tertiary alicyclic amines) is 1. The molecule has 1 aromatic rings. The lowest BCUT2D eigenvalue weighted by Crippen LogP contribution is -2.46. The maximum atomic E-state index is 11.8. The molecule has 1 saturated heterocycles. The van der Waals surface area contributed by atoms with Gasteiger partial charge in [0.05, 0.1) is 19.9 Å². The summed E-state index contributed by atoms with van der Waals surface area (Å²) in [5, 5.41) is 4.28. The fourth-order valence-corrected chi connectivity index (χ4v) is 4.71. The molecule has 0 N–H and O–H groups in total. The topological polar surface area (TPSA) is 69.6 Å². The van der Waals surface area contributed by atoms with Crippen molar-refractivity contribution in [3.63, 3.8) is 0 Å². The van der Waals surface area contributed by atoms with Crippen LogP contribution >= 0.6 is 0 Å². The minimum Gasteiger partial charge on any atom is -0.493 e.